The maximum atomic E-state index is 12.2. The Kier molecular flexibility index (Phi) is 8.84. The summed E-state index contributed by atoms with van der Waals surface area (Å²) in [4.78, 5) is 23.8. The highest BCUT2D eigenvalue weighted by Gasteiger charge is 2.47. The van der Waals surface area contributed by atoms with Crippen LogP contribution in [0, 0.1) is 17.8 Å². The van der Waals surface area contributed by atoms with E-state index >= 15 is 0 Å². The number of cyclic esters (lactones) is 1. The first-order valence-electron chi connectivity index (χ1n) is 13.0. The number of rotatable bonds is 7. The van der Waals surface area contributed by atoms with Crippen molar-refractivity contribution in [3.8, 4) is 5.75 Å². The number of aliphatic hydroxyl groups is 1. The Hall–Kier alpha value is -2.38. The van der Waals surface area contributed by atoms with Crippen LogP contribution in [0.3, 0.4) is 0 Å². The molecule has 0 spiro atoms. The van der Waals surface area contributed by atoms with E-state index in [2.05, 4.69) is 13.0 Å². The third kappa shape index (κ3) is 6.44. The summed E-state index contributed by atoms with van der Waals surface area (Å²) >= 11 is 0. The Morgan fingerprint density at radius 3 is 2.83 bits per heavy atom. The molecule has 1 aliphatic heterocycles. The molecule has 0 amide bonds. The van der Waals surface area contributed by atoms with Gasteiger partial charge in [-0.1, -0.05) is 31.9 Å². The SMILES string of the molecule is CCCCC[C@H]1CCC2[C@H]3Cc4cccc(OCC(=O)OC)c4C[C@H]3C[C@H]2OC(O)/C=C\C(=O)O1. The van der Waals surface area contributed by atoms with E-state index in [0.29, 0.717) is 11.8 Å². The highest BCUT2D eigenvalue weighted by atomic mass is 16.6. The average Bonchev–Trinajstić information content (AvgIpc) is 3.17. The summed E-state index contributed by atoms with van der Waals surface area (Å²) in [7, 11) is 1.35. The molecule has 2 aliphatic carbocycles. The molecule has 1 fully saturated rings. The van der Waals surface area contributed by atoms with E-state index in [1.54, 1.807) is 0 Å². The van der Waals surface area contributed by atoms with Gasteiger partial charge in [0.15, 0.2) is 12.9 Å². The number of carbonyl (C=O) groups excluding carboxylic acids is 2. The van der Waals surface area contributed by atoms with Crippen molar-refractivity contribution < 1.29 is 33.6 Å². The van der Waals surface area contributed by atoms with E-state index in [1.807, 2.05) is 12.1 Å². The number of hydrogen-bond acceptors (Lipinski definition) is 7. The quantitative estimate of drug-likeness (QED) is 0.458. The second-order valence-corrected chi connectivity index (χ2v) is 10.0. The van der Waals surface area contributed by atoms with Crippen LogP contribution in [0.5, 0.6) is 5.75 Å². The monoisotopic (exact) mass is 486 g/mol. The van der Waals surface area contributed by atoms with Crippen LogP contribution in [0.2, 0.25) is 0 Å². The molecule has 192 valence electrons. The molecule has 1 N–H and O–H groups in total. The lowest BCUT2D eigenvalue weighted by Gasteiger charge is -2.33. The zero-order valence-electron chi connectivity index (χ0n) is 20.8. The Balaban J connectivity index is 1.51. The predicted molar refractivity (Wildman–Crippen MR) is 130 cm³/mol. The van der Waals surface area contributed by atoms with E-state index in [-0.39, 0.29) is 24.7 Å². The van der Waals surface area contributed by atoms with Crippen LogP contribution in [0.1, 0.15) is 63.0 Å². The molecule has 0 radical (unpaired) electrons. The van der Waals surface area contributed by atoms with Gasteiger partial charge in [0.25, 0.3) is 0 Å². The fourth-order valence-electron chi connectivity index (χ4n) is 6.11. The van der Waals surface area contributed by atoms with Crippen molar-refractivity contribution >= 4 is 11.9 Å². The number of hydrogen-bond donors (Lipinski definition) is 1. The van der Waals surface area contributed by atoms with E-state index in [9.17, 15) is 14.7 Å². The van der Waals surface area contributed by atoms with E-state index in [4.69, 9.17) is 18.9 Å². The fourth-order valence-corrected chi connectivity index (χ4v) is 6.11. The second-order valence-electron chi connectivity index (χ2n) is 10.0. The third-order valence-corrected chi connectivity index (χ3v) is 7.84. The molecule has 1 aromatic rings. The van der Waals surface area contributed by atoms with Gasteiger partial charge in [-0.25, -0.2) is 9.59 Å². The van der Waals surface area contributed by atoms with Crippen LogP contribution >= 0.6 is 0 Å². The Morgan fingerprint density at radius 1 is 1.17 bits per heavy atom. The molecule has 0 aromatic heterocycles. The number of benzene rings is 1. The first-order valence-corrected chi connectivity index (χ1v) is 13.0. The molecule has 1 heterocycles. The molecule has 0 bridgehead atoms. The third-order valence-electron chi connectivity index (χ3n) is 7.84. The van der Waals surface area contributed by atoms with Crippen LogP contribution in [0.4, 0.5) is 0 Å². The van der Waals surface area contributed by atoms with Crippen molar-refractivity contribution in [2.45, 2.75) is 83.2 Å². The number of carbonyl (C=O) groups is 2. The minimum Gasteiger partial charge on any atom is -0.482 e. The summed E-state index contributed by atoms with van der Waals surface area (Å²) in [6.07, 6.45) is 9.84. The number of esters is 2. The van der Waals surface area contributed by atoms with E-state index in [0.717, 1.165) is 69.1 Å². The summed E-state index contributed by atoms with van der Waals surface area (Å²) < 4.78 is 22.3. The smallest absolute Gasteiger partial charge is 0.343 e. The van der Waals surface area contributed by atoms with Crippen LogP contribution < -0.4 is 4.74 Å². The van der Waals surface area contributed by atoms with Crippen LogP contribution in [-0.4, -0.2) is 49.3 Å². The Labute approximate surface area is 207 Å². The normalized spacial score (nSPS) is 31.2. The van der Waals surface area contributed by atoms with Crippen molar-refractivity contribution in [2.75, 3.05) is 13.7 Å². The molecule has 0 saturated heterocycles. The summed E-state index contributed by atoms with van der Waals surface area (Å²) in [5.74, 6) is 1.04. The second kappa shape index (κ2) is 12.0. The van der Waals surface area contributed by atoms with Crippen molar-refractivity contribution in [3.63, 3.8) is 0 Å². The van der Waals surface area contributed by atoms with Gasteiger partial charge in [-0.15, -0.1) is 0 Å². The molecule has 7 nitrogen and oxygen atoms in total. The van der Waals surface area contributed by atoms with Gasteiger partial charge in [0.05, 0.1) is 13.2 Å². The minimum atomic E-state index is -1.13. The van der Waals surface area contributed by atoms with Gasteiger partial charge in [-0.3, -0.25) is 0 Å². The van der Waals surface area contributed by atoms with Crippen molar-refractivity contribution in [1.29, 1.82) is 0 Å². The van der Waals surface area contributed by atoms with Crippen molar-refractivity contribution in [3.05, 3.63) is 41.5 Å². The number of fused-ring (bicyclic) bond motifs is 4. The van der Waals surface area contributed by atoms with Gasteiger partial charge >= 0.3 is 11.9 Å². The van der Waals surface area contributed by atoms with Gasteiger partial charge < -0.3 is 24.1 Å². The molecule has 2 unspecified atom stereocenters. The van der Waals surface area contributed by atoms with Gasteiger partial charge in [0.1, 0.15) is 11.9 Å². The highest BCUT2D eigenvalue weighted by molar-refractivity contribution is 5.82. The molecular weight excluding hydrogens is 448 g/mol. The molecular formula is C28H38O7. The summed E-state index contributed by atoms with van der Waals surface area (Å²) in [5, 5.41) is 10.4. The Bertz CT molecular complexity index is 911. The van der Waals surface area contributed by atoms with Gasteiger partial charge in [0, 0.05) is 6.08 Å². The maximum absolute atomic E-state index is 12.2. The molecule has 35 heavy (non-hydrogen) atoms. The van der Waals surface area contributed by atoms with Crippen LogP contribution in [0.15, 0.2) is 30.4 Å². The fraction of sp³-hybridized carbons (Fsp3) is 0.643. The molecule has 4 rings (SSSR count). The lowest BCUT2D eigenvalue weighted by atomic mass is 9.73. The van der Waals surface area contributed by atoms with Gasteiger partial charge in [0.2, 0.25) is 0 Å². The number of methoxy groups -OCH3 is 1. The van der Waals surface area contributed by atoms with E-state index in [1.165, 1.54) is 24.8 Å². The summed E-state index contributed by atoms with van der Waals surface area (Å²) in [6, 6.07) is 6.03. The molecule has 7 heteroatoms. The first-order chi connectivity index (χ1) is 17.0. The zero-order chi connectivity index (χ0) is 24.8. The van der Waals surface area contributed by atoms with Crippen LogP contribution in [-0.2, 0) is 36.6 Å². The number of unbranched alkanes of at least 4 members (excludes halogenated alkanes) is 2. The average molecular weight is 487 g/mol. The van der Waals surface area contributed by atoms with Crippen molar-refractivity contribution in [1.82, 2.24) is 0 Å². The zero-order valence-corrected chi connectivity index (χ0v) is 20.8. The molecule has 6 atom stereocenters. The number of aliphatic hydroxyl groups excluding tert-OH is 1. The number of ether oxygens (including phenoxy) is 4. The van der Waals surface area contributed by atoms with Crippen molar-refractivity contribution in [2.24, 2.45) is 17.8 Å². The summed E-state index contributed by atoms with van der Waals surface area (Å²) in [5.41, 5.74) is 2.40. The minimum absolute atomic E-state index is 0.0807. The van der Waals surface area contributed by atoms with Gasteiger partial charge in [-0.05, 0) is 86.0 Å². The summed E-state index contributed by atoms with van der Waals surface area (Å²) in [6.45, 7) is 2.06. The Morgan fingerprint density at radius 2 is 2.03 bits per heavy atom. The van der Waals surface area contributed by atoms with E-state index < -0.39 is 18.2 Å². The lowest BCUT2D eigenvalue weighted by molar-refractivity contribution is -0.144. The highest BCUT2D eigenvalue weighted by Crippen LogP contribution is 2.49. The molecule has 1 saturated carbocycles. The van der Waals surface area contributed by atoms with Crippen LogP contribution in [0.25, 0.3) is 0 Å². The molecule has 1 aromatic carbocycles. The molecule has 3 aliphatic rings. The standard InChI is InChI=1S/C28H38O7/c1-3-4-5-8-20-10-11-21-22-14-18-7-6-9-24(33-17-28(31)32-2)23(18)15-19(22)16-25(21)35-27(30)13-12-26(29)34-20/h6-7,9,12-13,19-22,25,27,30H,3-5,8,10-11,14-17H2,1-2H3/b13-12-/t19-,20-,21?,22-,25+,27?/m0/s1. The predicted octanol–water partition coefficient (Wildman–Crippen LogP) is 4.14. The van der Waals surface area contributed by atoms with Gasteiger partial charge in [-0.2, -0.15) is 0 Å². The largest absolute Gasteiger partial charge is 0.482 e. The topological polar surface area (TPSA) is 91.3 Å². The first kappa shape index (κ1) is 25.7. The lowest BCUT2D eigenvalue weighted by Crippen LogP contribution is -2.30. The maximum Gasteiger partial charge on any atom is 0.343 e.